The fourth-order valence-corrected chi connectivity index (χ4v) is 1.74. The van der Waals surface area contributed by atoms with Crippen molar-refractivity contribution in [2.45, 2.75) is 26.2 Å². The van der Waals surface area contributed by atoms with E-state index < -0.39 is 5.82 Å². The topological polar surface area (TPSA) is 26.0 Å². The number of aromatic nitrogens is 1. The van der Waals surface area contributed by atoms with Crippen LogP contribution in [-0.4, -0.2) is 4.98 Å². The van der Waals surface area contributed by atoms with Gasteiger partial charge in [0.05, 0.1) is 11.2 Å². The SMILES string of the molecule is CC(C)c1ncc(Cc2cccc(Cl)c2F)o1. The van der Waals surface area contributed by atoms with Crippen molar-refractivity contribution in [3.8, 4) is 0 Å². The van der Waals surface area contributed by atoms with Gasteiger partial charge in [0, 0.05) is 12.3 Å². The molecule has 2 nitrogen and oxygen atoms in total. The normalized spacial score (nSPS) is 11.1. The van der Waals surface area contributed by atoms with Gasteiger partial charge in [-0.1, -0.05) is 37.6 Å². The average molecular weight is 254 g/mol. The molecule has 0 saturated heterocycles. The highest BCUT2D eigenvalue weighted by Crippen LogP contribution is 2.22. The summed E-state index contributed by atoms with van der Waals surface area (Å²) in [5, 5.41) is 0.131. The lowest BCUT2D eigenvalue weighted by molar-refractivity contribution is 0.440. The van der Waals surface area contributed by atoms with Crippen LogP contribution in [0.25, 0.3) is 0 Å². The quantitative estimate of drug-likeness (QED) is 0.820. The van der Waals surface area contributed by atoms with Crippen molar-refractivity contribution in [2.75, 3.05) is 0 Å². The number of benzene rings is 1. The second-order valence-electron chi connectivity index (χ2n) is 4.21. The summed E-state index contributed by atoms with van der Waals surface area (Å²) in [5.74, 6) is 1.15. The van der Waals surface area contributed by atoms with Crippen LogP contribution in [0.1, 0.15) is 37.0 Å². The van der Waals surface area contributed by atoms with E-state index in [1.165, 1.54) is 6.07 Å². The highest BCUT2D eigenvalue weighted by molar-refractivity contribution is 6.30. The molecule has 1 aromatic carbocycles. The average Bonchev–Trinajstić information content (AvgIpc) is 2.73. The maximum Gasteiger partial charge on any atom is 0.196 e. The molecular formula is C13H13ClFNO. The Morgan fingerprint density at radius 2 is 2.18 bits per heavy atom. The molecule has 1 aromatic heterocycles. The molecule has 0 aliphatic carbocycles. The van der Waals surface area contributed by atoms with Gasteiger partial charge >= 0.3 is 0 Å². The van der Waals surface area contributed by atoms with Crippen molar-refractivity contribution in [3.05, 3.63) is 52.5 Å². The van der Waals surface area contributed by atoms with E-state index in [2.05, 4.69) is 4.98 Å². The molecule has 0 radical (unpaired) electrons. The standard InChI is InChI=1S/C13H13ClFNO/c1-8(2)13-16-7-10(17-13)6-9-4-3-5-11(14)12(9)15/h3-5,7-8H,6H2,1-2H3. The molecule has 0 aliphatic heterocycles. The van der Waals surface area contributed by atoms with Crippen LogP contribution >= 0.6 is 11.6 Å². The van der Waals surface area contributed by atoms with E-state index in [1.807, 2.05) is 13.8 Å². The third kappa shape index (κ3) is 2.67. The number of oxazole rings is 1. The zero-order chi connectivity index (χ0) is 12.4. The molecule has 0 N–H and O–H groups in total. The monoisotopic (exact) mass is 253 g/mol. The fourth-order valence-electron chi connectivity index (χ4n) is 1.54. The third-order valence-corrected chi connectivity index (χ3v) is 2.75. The number of hydrogen-bond donors (Lipinski definition) is 0. The van der Waals surface area contributed by atoms with E-state index in [9.17, 15) is 4.39 Å². The summed E-state index contributed by atoms with van der Waals surface area (Å²) in [4.78, 5) is 4.14. The van der Waals surface area contributed by atoms with Crippen molar-refractivity contribution in [3.63, 3.8) is 0 Å². The summed E-state index contributed by atoms with van der Waals surface area (Å²) in [6.07, 6.45) is 2.00. The summed E-state index contributed by atoms with van der Waals surface area (Å²) in [7, 11) is 0. The fraction of sp³-hybridized carbons (Fsp3) is 0.308. The summed E-state index contributed by atoms with van der Waals surface area (Å²) < 4.78 is 19.2. The van der Waals surface area contributed by atoms with Crippen molar-refractivity contribution in [2.24, 2.45) is 0 Å². The second-order valence-corrected chi connectivity index (χ2v) is 4.62. The molecule has 2 aromatic rings. The zero-order valence-electron chi connectivity index (χ0n) is 9.71. The van der Waals surface area contributed by atoms with Gasteiger partial charge in [-0.3, -0.25) is 0 Å². The Hall–Kier alpha value is -1.35. The molecule has 0 unspecified atom stereocenters. The van der Waals surface area contributed by atoms with E-state index in [0.29, 0.717) is 23.6 Å². The van der Waals surface area contributed by atoms with E-state index in [0.717, 1.165) is 0 Å². The minimum Gasteiger partial charge on any atom is -0.445 e. The predicted molar refractivity (Wildman–Crippen MR) is 64.8 cm³/mol. The predicted octanol–water partition coefficient (Wildman–Crippen LogP) is 4.18. The zero-order valence-corrected chi connectivity index (χ0v) is 10.5. The van der Waals surface area contributed by atoms with Gasteiger partial charge in [-0.25, -0.2) is 9.37 Å². The Labute approximate surface area is 104 Å². The van der Waals surface area contributed by atoms with Crippen molar-refractivity contribution < 1.29 is 8.81 Å². The molecular weight excluding hydrogens is 241 g/mol. The summed E-state index contributed by atoms with van der Waals surface area (Å²) in [5.41, 5.74) is 0.518. The van der Waals surface area contributed by atoms with Crippen LogP contribution in [0.4, 0.5) is 4.39 Å². The van der Waals surface area contributed by atoms with E-state index >= 15 is 0 Å². The highest BCUT2D eigenvalue weighted by atomic mass is 35.5. The van der Waals surface area contributed by atoms with Gasteiger partial charge in [-0.2, -0.15) is 0 Å². The first-order valence-corrected chi connectivity index (χ1v) is 5.83. The maximum absolute atomic E-state index is 13.7. The Balaban J connectivity index is 2.22. The van der Waals surface area contributed by atoms with E-state index in [-0.39, 0.29) is 10.9 Å². The molecule has 4 heteroatoms. The molecule has 0 atom stereocenters. The van der Waals surface area contributed by atoms with Gasteiger partial charge in [0.15, 0.2) is 5.89 Å². The Kier molecular flexibility index (Phi) is 3.48. The number of halogens is 2. The third-order valence-electron chi connectivity index (χ3n) is 2.46. The number of rotatable bonds is 3. The van der Waals surface area contributed by atoms with Crippen LogP contribution in [-0.2, 0) is 6.42 Å². The molecule has 90 valence electrons. The molecule has 0 aliphatic rings. The first kappa shape index (κ1) is 12.1. The van der Waals surface area contributed by atoms with Crippen LogP contribution in [0.2, 0.25) is 5.02 Å². The number of nitrogens with zero attached hydrogens (tertiary/aromatic N) is 1. The van der Waals surface area contributed by atoms with Crippen LogP contribution < -0.4 is 0 Å². The van der Waals surface area contributed by atoms with Crippen molar-refractivity contribution in [1.82, 2.24) is 4.98 Å². The van der Waals surface area contributed by atoms with Gasteiger partial charge < -0.3 is 4.42 Å². The van der Waals surface area contributed by atoms with Gasteiger partial charge in [-0.15, -0.1) is 0 Å². The molecule has 17 heavy (non-hydrogen) atoms. The Bertz CT molecular complexity index is 522. The first-order chi connectivity index (χ1) is 8.08. The van der Waals surface area contributed by atoms with Crippen LogP contribution in [0.3, 0.4) is 0 Å². The molecule has 1 heterocycles. The highest BCUT2D eigenvalue weighted by Gasteiger charge is 2.11. The smallest absolute Gasteiger partial charge is 0.196 e. The van der Waals surface area contributed by atoms with Gasteiger partial charge in [-0.05, 0) is 11.6 Å². The molecule has 0 spiro atoms. The maximum atomic E-state index is 13.7. The lowest BCUT2D eigenvalue weighted by Crippen LogP contribution is -1.92. The molecule has 2 rings (SSSR count). The first-order valence-electron chi connectivity index (χ1n) is 5.45. The second kappa shape index (κ2) is 4.88. The molecule has 0 fully saturated rings. The van der Waals surface area contributed by atoms with Crippen molar-refractivity contribution >= 4 is 11.6 Å². The lowest BCUT2D eigenvalue weighted by Gasteiger charge is -2.02. The molecule has 0 saturated carbocycles. The number of hydrogen-bond acceptors (Lipinski definition) is 2. The minimum absolute atomic E-state index is 0.131. The summed E-state index contributed by atoms with van der Waals surface area (Å²) >= 11 is 5.71. The van der Waals surface area contributed by atoms with Crippen molar-refractivity contribution in [1.29, 1.82) is 0 Å². The van der Waals surface area contributed by atoms with Gasteiger partial charge in [0.1, 0.15) is 11.6 Å². The Morgan fingerprint density at radius 1 is 1.41 bits per heavy atom. The van der Waals surface area contributed by atoms with Crippen LogP contribution in [0.5, 0.6) is 0 Å². The van der Waals surface area contributed by atoms with Gasteiger partial charge in [0.2, 0.25) is 0 Å². The lowest BCUT2D eigenvalue weighted by atomic mass is 10.1. The summed E-state index contributed by atoms with van der Waals surface area (Å²) in [6, 6.07) is 4.94. The van der Waals surface area contributed by atoms with Crippen LogP contribution in [0.15, 0.2) is 28.8 Å². The van der Waals surface area contributed by atoms with E-state index in [1.54, 1.807) is 18.3 Å². The Morgan fingerprint density at radius 3 is 2.82 bits per heavy atom. The largest absolute Gasteiger partial charge is 0.445 e. The minimum atomic E-state index is -0.392. The van der Waals surface area contributed by atoms with Crippen LogP contribution in [0, 0.1) is 5.82 Å². The molecule has 0 bridgehead atoms. The molecule has 0 amide bonds. The van der Waals surface area contributed by atoms with E-state index in [4.69, 9.17) is 16.0 Å². The van der Waals surface area contributed by atoms with Gasteiger partial charge in [0.25, 0.3) is 0 Å². The summed E-state index contributed by atoms with van der Waals surface area (Å²) in [6.45, 7) is 3.99.